The van der Waals surface area contributed by atoms with E-state index >= 15 is 0 Å². The van der Waals surface area contributed by atoms with Gasteiger partial charge in [-0.1, -0.05) is 29.8 Å². The summed E-state index contributed by atoms with van der Waals surface area (Å²) in [5.41, 5.74) is 4.63. The Bertz CT molecular complexity index is 688. The first-order valence-electron chi connectivity index (χ1n) is 8.62. The zero-order valence-corrected chi connectivity index (χ0v) is 14.5. The van der Waals surface area contributed by atoms with Gasteiger partial charge < -0.3 is 10.2 Å². The minimum atomic E-state index is 0.120. The van der Waals surface area contributed by atoms with E-state index in [2.05, 4.69) is 52.5 Å². The van der Waals surface area contributed by atoms with Gasteiger partial charge in [-0.25, -0.2) is 0 Å². The van der Waals surface area contributed by atoms with Crippen molar-refractivity contribution in [3.05, 3.63) is 59.4 Å². The molecule has 4 heteroatoms. The van der Waals surface area contributed by atoms with Crippen molar-refractivity contribution in [1.82, 2.24) is 10.3 Å². The maximum absolute atomic E-state index is 12.4. The van der Waals surface area contributed by atoms with Gasteiger partial charge in [-0.3, -0.25) is 9.78 Å². The number of hydrogen-bond acceptors (Lipinski definition) is 3. The first-order chi connectivity index (χ1) is 11.6. The second-order valence-corrected chi connectivity index (χ2v) is 6.62. The highest BCUT2D eigenvalue weighted by Gasteiger charge is 2.24. The summed E-state index contributed by atoms with van der Waals surface area (Å²) in [4.78, 5) is 19.0. The predicted octanol–water partition coefficient (Wildman–Crippen LogP) is 3.23. The topological polar surface area (TPSA) is 45.2 Å². The van der Waals surface area contributed by atoms with Crippen LogP contribution in [0.4, 0.5) is 5.69 Å². The molecule has 1 amide bonds. The number of nitrogens with one attached hydrogen (secondary N) is 1. The lowest BCUT2D eigenvalue weighted by Crippen LogP contribution is -2.40. The molecule has 4 nitrogen and oxygen atoms in total. The summed E-state index contributed by atoms with van der Waals surface area (Å²) >= 11 is 0. The molecule has 0 aliphatic carbocycles. The number of aryl methyl sites for hydroxylation is 2. The van der Waals surface area contributed by atoms with Crippen LogP contribution in [0.15, 0.2) is 42.6 Å². The lowest BCUT2D eigenvalue weighted by Gasteiger charge is -2.33. The summed E-state index contributed by atoms with van der Waals surface area (Å²) in [6.07, 6.45) is 3.66. The monoisotopic (exact) mass is 323 g/mol. The molecule has 1 N–H and O–H groups in total. The summed E-state index contributed by atoms with van der Waals surface area (Å²) in [6.45, 7) is 6.54. The van der Waals surface area contributed by atoms with Crippen molar-refractivity contribution in [3.8, 4) is 0 Å². The van der Waals surface area contributed by atoms with Crippen LogP contribution in [0.2, 0.25) is 0 Å². The molecule has 0 spiro atoms. The van der Waals surface area contributed by atoms with E-state index in [1.807, 2.05) is 19.2 Å². The third-order valence-electron chi connectivity index (χ3n) is 4.70. The van der Waals surface area contributed by atoms with Gasteiger partial charge >= 0.3 is 0 Å². The van der Waals surface area contributed by atoms with Gasteiger partial charge in [-0.15, -0.1) is 0 Å². The van der Waals surface area contributed by atoms with Gasteiger partial charge in [0, 0.05) is 43.1 Å². The first-order valence-corrected chi connectivity index (χ1v) is 8.62. The van der Waals surface area contributed by atoms with Gasteiger partial charge in [-0.2, -0.15) is 0 Å². The van der Waals surface area contributed by atoms with Crippen molar-refractivity contribution in [3.63, 3.8) is 0 Å². The molecular formula is C20H25N3O. The number of nitrogens with zero attached hydrogens (tertiary/aromatic N) is 2. The molecule has 1 aromatic carbocycles. The van der Waals surface area contributed by atoms with Gasteiger partial charge in [0.15, 0.2) is 0 Å². The third-order valence-corrected chi connectivity index (χ3v) is 4.70. The van der Waals surface area contributed by atoms with Crippen molar-refractivity contribution in [1.29, 1.82) is 0 Å². The summed E-state index contributed by atoms with van der Waals surface area (Å²) in [7, 11) is 0. The van der Waals surface area contributed by atoms with Crippen LogP contribution in [-0.2, 0) is 11.3 Å². The number of pyridine rings is 1. The molecular weight excluding hydrogens is 298 g/mol. The van der Waals surface area contributed by atoms with E-state index in [1.54, 1.807) is 0 Å². The van der Waals surface area contributed by atoms with E-state index in [9.17, 15) is 4.79 Å². The van der Waals surface area contributed by atoms with Crippen molar-refractivity contribution in [2.24, 2.45) is 5.92 Å². The average molecular weight is 323 g/mol. The predicted molar refractivity (Wildman–Crippen MR) is 96.9 cm³/mol. The van der Waals surface area contributed by atoms with E-state index in [1.165, 1.54) is 11.3 Å². The van der Waals surface area contributed by atoms with E-state index in [0.29, 0.717) is 6.54 Å². The number of hydrogen-bond donors (Lipinski definition) is 1. The molecule has 1 fully saturated rings. The molecule has 1 saturated heterocycles. The molecule has 0 bridgehead atoms. The first kappa shape index (κ1) is 16.5. The number of aromatic nitrogens is 1. The van der Waals surface area contributed by atoms with Gasteiger partial charge in [0.1, 0.15) is 0 Å². The van der Waals surface area contributed by atoms with E-state index < -0.39 is 0 Å². The maximum atomic E-state index is 12.4. The number of anilines is 1. The Morgan fingerprint density at radius 3 is 2.54 bits per heavy atom. The normalized spacial score (nSPS) is 15.3. The third kappa shape index (κ3) is 4.13. The number of rotatable bonds is 4. The van der Waals surface area contributed by atoms with Crippen LogP contribution in [0.1, 0.15) is 29.7 Å². The molecule has 1 aromatic heterocycles. The molecule has 0 atom stereocenters. The Balaban J connectivity index is 1.49. The van der Waals surface area contributed by atoms with Crippen LogP contribution in [0, 0.1) is 19.8 Å². The number of carbonyl (C=O) groups excluding carboxylic acids is 1. The number of carbonyl (C=O) groups is 1. The van der Waals surface area contributed by atoms with Gasteiger partial charge in [0.05, 0.1) is 0 Å². The molecule has 0 radical (unpaired) electrons. The lowest BCUT2D eigenvalue weighted by atomic mass is 9.95. The van der Waals surface area contributed by atoms with Crippen LogP contribution in [0.25, 0.3) is 0 Å². The van der Waals surface area contributed by atoms with Crippen molar-refractivity contribution in [2.45, 2.75) is 33.2 Å². The van der Waals surface area contributed by atoms with Crippen LogP contribution in [-0.4, -0.2) is 24.0 Å². The zero-order chi connectivity index (χ0) is 16.9. The summed E-state index contributed by atoms with van der Waals surface area (Å²) in [6, 6.07) is 12.5. The fourth-order valence-electron chi connectivity index (χ4n) is 3.17. The fraction of sp³-hybridized carbons (Fsp3) is 0.400. The molecule has 1 aliphatic heterocycles. The van der Waals surface area contributed by atoms with Crippen molar-refractivity contribution < 1.29 is 4.79 Å². The minimum absolute atomic E-state index is 0.120. The Hall–Kier alpha value is -2.36. The highest BCUT2D eigenvalue weighted by Crippen LogP contribution is 2.23. The second kappa shape index (κ2) is 7.47. The van der Waals surface area contributed by atoms with Crippen molar-refractivity contribution >= 4 is 11.6 Å². The smallest absolute Gasteiger partial charge is 0.223 e. The van der Waals surface area contributed by atoms with Crippen LogP contribution < -0.4 is 10.2 Å². The van der Waals surface area contributed by atoms with E-state index in [-0.39, 0.29) is 11.8 Å². The quantitative estimate of drug-likeness (QED) is 0.939. The van der Waals surface area contributed by atoms with Gasteiger partial charge in [0.25, 0.3) is 0 Å². The fourth-order valence-corrected chi connectivity index (χ4v) is 3.17. The summed E-state index contributed by atoms with van der Waals surface area (Å²) in [5, 5.41) is 3.08. The Morgan fingerprint density at radius 2 is 1.88 bits per heavy atom. The minimum Gasteiger partial charge on any atom is -0.371 e. The lowest BCUT2D eigenvalue weighted by molar-refractivity contribution is -0.125. The largest absolute Gasteiger partial charge is 0.371 e. The zero-order valence-electron chi connectivity index (χ0n) is 14.5. The molecule has 2 heterocycles. The molecule has 3 rings (SSSR count). The Kier molecular flexibility index (Phi) is 5.14. The van der Waals surface area contributed by atoms with Crippen LogP contribution >= 0.6 is 0 Å². The summed E-state index contributed by atoms with van der Waals surface area (Å²) in [5.74, 6) is 0.302. The molecule has 1 aliphatic rings. The number of piperidine rings is 1. The van der Waals surface area contributed by atoms with Crippen LogP contribution in [0.3, 0.4) is 0 Å². The maximum Gasteiger partial charge on any atom is 0.223 e. The standard InChI is InChI=1S/C20H25N3O/c1-15-3-5-17(6-4-15)14-22-20(24)18-8-11-23(12-9-18)19-7-10-21-16(2)13-19/h3-7,10,13,18H,8-9,11-12,14H2,1-2H3,(H,22,24). The van der Waals surface area contributed by atoms with E-state index in [4.69, 9.17) is 0 Å². The van der Waals surface area contributed by atoms with Crippen molar-refractivity contribution in [2.75, 3.05) is 18.0 Å². The van der Waals surface area contributed by atoms with Gasteiger partial charge in [0.2, 0.25) is 5.91 Å². The number of amides is 1. The summed E-state index contributed by atoms with van der Waals surface area (Å²) < 4.78 is 0. The SMILES string of the molecule is Cc1ccc(CNC(=O)C2CCN(c3ccnc(C)c3)CC2)cc1. The Morgan fingerprint density at radius 1 is 1.17 bits per heavy atom. The molecule has 2 aromatic rings. The van der Waals surface area contributed by atoms with Crippen LogP contribution in [0.5, 0.6) is 0 Å². The number of benzene rings is 1. The Labute approximate surface area is 143 Å². The molecule has 24 heavy (non-hydrogen) atoms. The highest BCUT2D eigenvalue weighted by atomic mass is 16.1. The second-order valence-electron chi connectivity index (χ2n) is 6.62. The van der Waals surface area contributed by atoms with Gasteiger partial charge in [-0.05, 0) is 44.4 Å². The highest BCUT2D eigenvalue weighted by molar-refractivity contribution is 5.79. The molecule has 0 unspecified atom stereocenters. The molecule has 126 valence electrons. The molecule has 0 saturated carbocycles. The van der Waals surface area contributed by atoms with E-state index in [0.717, 1.165) is 37.2 Å². The average Bonchev–Trinajstić information content (AvgIpc) is 2.61.